The number of hydrogen-bond donors (Lipinski definition) is 2. The first kappa shape index (κ1) is 23.8. The lowest BCUT2D eigenvalue weighted by Crippen LogP contribution is -2.35. The van der Waals surface area contributed by atoms with Crippen LogP contribution in [-0.4, -0.2) is 39.6 Å². The molecule has 0 unspecified atom stereocenters. The van der Waals surface area contributed by atoms with Gasteiger partial charge in [-0.05, 0) is 31.2 Å². The SMILES string of the molecule is COC(CCCCCCCCC(C)(C)C)(CCCNCCN)OC. The number of methoxy groups -OCH3 is 2. The van der Waals surface area contributed by atoms with E-state index in [-0.39, 0.29) is 0 Å². The summed E-state index contributed by atoms with van der Waals surface area (Å²) < 4.78 is 11.4. The highest BCUT2D eigenvalue weighted by atomic mass is 16.7. The highest BCUT2D eigenvalue weighted by Crippen LogP contribution is 2.26. The Labute approximate surface area is 151 Å². The van der Waals surface area contributed by atoms with Gasteiger partial charge in [0.2, 0.25) is 0 Å². The van der Waals surface area contributed by atoms with Gasteiger partial charge < -0.3 is 20.5 Å². The highest BCUT2D eigenvalue weighted by molar-refractivity contribution is 4.70. The molecule has 146 valence electrons. The minimum absolute atomic E-state index is 0.406. The topological polar surface area (TPSA) is 56.5 Å². The molecule has 0 saturated heterocycles. The van der Waals surface area contributed by atoms with Crippen LogP contribution in [0, 0.1) is 5.41 Å². The molecular formula is C20H44N2O2. The number of nitrogens with two attached hydrogens (primary N) is 1. The molecular weight excluding hydrogens is 300 g/mol. The highest BCUT2D eigenvalue weighted by Gasteiger charge is 2.28. The molecule has 0 rings (SSSR count). The van der Waals surface area contributed by atoms with E-state index in [1.165, 1.54) is 44.9 Å². The lowest BCUT2D eigenvalue weighted by atomic mass is 9.89. The normalized spacial score (nSPS) is 12.8. The van der Waals surface area contributed by atoms with Crippen LogP contribution in [0.2, 0.25) is 0 Å². The number of nitrogens with one attached hydrogen (secondary N) is 1. The van der Waals surface area contributed by atoms with E-state index in [1.54, 1.807) is 14.2 Å². The Morgan fingerprint density at radius 3 is 1.71 bits per heavy atom. The molecule has 3 N–H and O–H groups in total. The lowest BCUT2D eigenvalue weighted by molar-refractivity contribution is -0.216. The van der Waals surface area contributed by atoms with Crippen LogP contribution in [0.15, 0.2) is 0 Å². The third-order valence-electron chi connectivity index (χ3n) is 4.71. The fourth-order valence-electron chi connectivity index (χ4n) is 3.08. The molecule has 0 saturated carbocycles. The van der Waals surface area contributed by atoms with E-state index in [0.29, 0.717) is 12.0 Å². The predicted octanol–water partition coefficient (Wildman–Crippen LogP) is 4.47. The molecule has 4 nitrogen and oxygen atoms in total. The smallest absolute Gasteiger partial charge is 0.167 e. The van der Waals surface area contributed by atoms with E-state index >= 15 is 0 Å². The summed E-state index contributed by atoms with van der Waals surface area (Å²) in [6.45, 7) is 9.52. The zero-order valence-corrected chi connectivity index (χ0v) is 17.1. The fraction of sp³-hybridized carbons (Fsp3) is 1.00. The summed E-state index contributed by atoms with van der Waals surface area (Å²) in [5.41, 5.74) is 5.96. The summed E-state index contributed by atoms with van der Waals surface area (Å²) in [7, 11) is 3.53. The summed E-state index contributed by atoms with van der Waals surface area (Å²) in [6, 6.07) is 0. The Balaban J connectivity index is 3.76. The second kappa shape index (κ2) is 14.1. The van der Waals surface area contributed by atoms with Gasteiger partial charge in [-0.3, -0.25) is 0 Å². The molecule has 0 heterocycles. The molecule has 0 atom stereocenters. The van der Waals surface area contributed by atoms with Crippen molar-refractivity contribution in [2.75, 3.05) is 33.9 Å². The van der Waals surface area contributed by atoms with Gasteiger partial charge in [0, 0.05) is 40.2 Å². The minimum Gasteiger partial charge on any atom is -0.353 e. The van der Waals surface area contributed by atoms with Crippen molar-refractivity contribution in [3.8, 4) is 0 Å². The molecule has 24 heavy (non-hydrogen) atoms. The number of hydrogen-bond acceptors (Lipinski definition) is 4. The van der Waals surface area contributed by atoms with E-state index in [0.717, 1.165) is 32.4 Å². The van der Waals surface area contributed by atoms with Gasteiger partial charge in [-0.2, -0.15) is 0 Å². The van der Waals surface area contributed by atoms with Crippen molar-refractivity contribution in [2.24, 2.45) is 11.1 Å². The molecule has 0 aliphatic carbocycles. The molecule has 0 aliphatic heterocycles. The molecule has 0 aromatic rings. The van der Waals surface area contributed by atoms with Crippen molar-refractivity contribution in [3.05, 3.63) is 0 Å². The standard InChI is InChI=1S/C20H44N2O2/c1-19(2,3)13-10-8-6-7-9-11-14-20(23-4,24-5)15-12-17-22-18-16-21/h22H,6-18,21H2,1-5H3. The Kier molecular flexibility index (Phi) is 14.0. The Morgan fingerprint density at radius 2 is 1.21 bits per heavy atom. The zero-order valence-electron chi connectivity index (χ0n) is 17.1. The average molecular weight is 345 g/mol. The molecule has 0 bridgehead atoms. The minimum atomic E-state index is -0.406. The van der Waals surface area contributed by atoms with Crippen molar-refractivity contribution in [2.45, 2.75) is 90.8 Å². The van der Waals surface area contributed by atoms with Gasteiger partial charge in [-0.25, -0.2) is 0 Å². The number of ether oxygens (including phenoxy) is 2. The molecule has 0 amide bonds. The van der Waals surface area contributed by atoms with Gasteiger partial charge in [0.05, 0.1) is 0 Å². The summed E-state index contributed by atoms with van der Waals surface area (Å²) in [5, 5.41) is 3.33. The quantitative estimate of drug-likeness (QED) is 0.320. The molecule has 4 heteroatoms. The maximum absolute atomic E-state index is 5.70. The van der Waals surface area contributed by atoms with Gasteiger partial charge in [0.25, 0.3) is 0 Å². The largest absolute Gasteiger partial charge is 0.353 e. The number of rotatable bonds is 16. The van der Waals surface area contributed by atoms with Gasteiger partial charge in [0.15, 0.2) is 5.79 Å². The van der Waals surface area contributed by atoms with Crippen LogP contribution in [0.3, 0.4) is 0 Å². The molecule has 0 fully saturated rings. The van der Waals surface area contributed by atoms with Crippen molar-refractivity contribution in [1.82, 2.24) is 5.32 Å². The van der Waals surface area contributed by atoms with Crippen LogP contribution in [0.5, 0.6) is 0 Å². The number of unbranched alkanes of at least 4 members (excludes halogenated alkanes) is 5. The third kappa shape index (κ3) is 13.2. The Morgan fingerprint density at radius 1 is 0.708 bits per heavy atom. The van der Waals surface area contributed by atoms with Gasteiger partial charge in [0.1, 0.15) is 0 Å². The third-order valence-corrected chi connectivity index (χ3v) is 4.71. The summed E-state index contributed by atoms with van der Waals surface area (Å²) >= 11 is 0. The van der Waals surface area contributed by atoms with Crippen molar-refractivity contribution >= 4 is 0 Å². The molecule has 0 spiro atoms. The van der Waals surface area contributed by atoms with Gasteiger partial charge in [-0.1, -0.05) is 52.9 Å². The molecule has 0 aromatic heterocycles. The second-order valence-corrected chi connectivity index (χ2v) is 8.14. The van der Waals surface area contributed by atoms with Crippen molar-refractivity contribution < 1.29 is 9.47 Å². The van der Waals surface area contributed by atoms with Crippen LogP contribution in [0.1, 0.15) is 85.0 Å². The lowest BCUT2D eigenvalue weighted by Gasteiger charge is -2.31. The second-order valence-electron chi connectivity index (χ2n) is 8.14. The van der Waals surface area contributed by atoms with E-state index < -0.39 is 5.79 Å². The van der Waals surface area contributed by atoms with Gasteiger partial charge >= 0.3 is 0 Å². The van der Waals surface area contributed by atoms with Crippen molar-refractivity contribution in [1.29, 1.82) is 0 Å². The van der Waals surface area contributed by atoms with Gasteiger partial charge in [-0.15, -0.1) is 0 Å². The Hall–Kier alpha value is -0.160. The average Bonchev–Trinajstić information content (AvgIpc) is 2.54. The van der Waals surface area contributed by atoms with Crippen LogP contribution in [-0.2, 0) is 9.47 Å². The molecule has 0 aliphatic rings. The first-order valence-corrected chi connectivity index (χ1v) is 9.90. The molecule has 0 radical (unpaired) electrons. The van der Waals surface area contributed by atoms with Crippen LogP contribution in [0.25, 0.3) is 0 Å². The summed E-state index contributed by atoms with van der Waals surface area (Å²) in [6.07, 6.45) is 12.2. The fourth-order valence-corrected chi connectivity index (χ4v) is 3.08. The zero-order chi connectivity index (χ0) is 18.3. The van der Waals surface area contributed by atoms with Crippen LogP contribution < -0.4 is 11.1 Å². The summed E-state index contributed by atoms with van der Waals surface area (Å²) in [5.74, 6) is -0.406. The monoisotopic (exact) mass is 344 g/mol. The summed E-state index contributed by atoms with van der Waals surface area (Å²) in [4.78, 5) is 0. The Bertz CT molecular complexity index is 273. The van der Waals surface area contributed by atoms with Crippen LogP contribution >= 0.6 is 0 Å². The van der Waals surface area contributed by atoms with E-state index in [2.05, 4.69) is 26.1 Å². The first-order chi connectivity index (χ1) is 11.4. The van der Waals surface area contributed by atoms with E-state index in [4.69, 9.17) is 15.2 Å². The van der Waals surface area contributed by atoms with E-state index in [9.17, 15) is 0 Å². The first-order valence-electron chi connectivity index (χ1n) is 9.90. The van der Waals surface area contributed by atoms with E-state index in [1.807, 2.05) is 0 Å². The van der Waals surface area contributed by atoms with Crippen molar-refractivity contribution in [3.63, 3.8) is 0 Å². The predicted molar refractivity (Wildman–Crippen MR) is 104 cm³/mol. The maximum Gasteiger partial charge on any atom is 0.167 e. The van der Waals surface area contributed by atoms with Crippen LogP contribution in [0.4, 0.5) is 0 Å². The maximum atomic E-state index is 5.70. The molecule has 0 aromatic carbocycles.